The summed E-state index contributed by atoms with van der Waals surface area (Å²) in [6.07, 6.45) is 5.36. The Hall–Kier alpha value is -2.95. The maximum atomic E-state index is 13.1. The molecule has 0 aliphatic rings. The lowest BCUT2D eigenvalue weighted by Gasteiger charge is -2.25. The first-order chi connectivity index (χ1) is 12.0. The summed E-state index contributed by atoms with van der Waals surface area (Å²) in [6, 6.07) is 13.7. The lowest BCUT2D eigenvalue weighted by atomic mass is 10.1. The van der Waals surface area contributed by atoms with E-state index in [0.29, 0.717) is 12.1 Å². The van der Waals surface area contributed by atoms with Crippen LogP contribution in [0.5, 0.6) is 0 Å². The number of benzene rings is 2. The predicted molar refractivity (Wildman–Crippen MR) is 94.7 cm³/mol. The van der Waals surface area contributed by atoms with Crippen LogP contribution in [0.15, 0.2) is 67.3 Å². The quantitative estimate of drug-likeness (QED) is 0.708. The highest BCUT2D eigenvalue weighted by Crippen LogP contribution is 2.21. The number of halogens is 1. The second-order valence-corrected chi connectivity index (χ2v) is 6.08. The zero-order valence-corrected chi connectivity index (χ0v) is 14.3. The first-order valence-electron chi connectivity index (χ1n) is 8.12. The van der Waals surface area contributed by atoms with Crippen molar-refractivity contribution >= 4 is 5.91 Å². The maximum Gasteiger partial charge on any atom is 0.254 e. The molecule has 0 N–H and O–H groups in total. The van der Waals surface area contributed by atoms with E-state index < -0.39 is 0 Å². The van der Waals surface area contributed by atoms with Crippen molar-refractivity contribution in [3.8, 4) is 0 Å². The molecule has 0 saturated carbocycles. The fraction of sp³-hybridized carbons (Fsp3) is 0.200. The molecule has 4 nitrogen and oxygen atoms in total. The first kappa shape index (κ1) is 16.9. The molecule has 5 heteroatoms. The Morgan fingerprint density at radius 2 is 2.00 bits per heavy atom. The van der Waals surface area contributed by atoms with Gasteiger partial charge in [0, 0.05) is 31.5 Å². The summed E-state index contributed by atoms with van der Waals surface area (Å²) >= 11 is 0. The number of amides is 1. The van der Waals surface area contributed by atoms with Crippen molar-refractivity contribution < 1.29 is 9.18 Å². The molecule has 0 radical (unpaired) electrons. The Labute approximate surface area is 146 Å². The van der Waals surface area contributed by atoms with Gasteiger partial charge >= 0.3 is 0 Å². The number of hydrogen-bond donors (Lipinski definition) is 0. The van der Waals surface area contributed by atoms with Gasteiger partial charge in [-0.15, -0.1) is 0 Å². The monoisotopic (exact) mass is 337 g/mol. The van der Waals surface area contributed by atoms with Gasteiger partial charge in [0.1, 0.15) is 5.82 Å². The highest BCUT2D eigenvalue weighted by Gasteiger charge is 2.19. The van der Waals surface area contributed by atoms with Gasteiger partial charge < -0.3 is 9.47 Å². The van der Waals surface area contributed by atoms with Crippen LogP contribution in [0.4, 0.5) is 4.39 Å². The van der Waals surface area contributed by atoms with E-state index in [2.05, 4.69) is 4.98 Å². The van der Waals surface area contributed by atoms with E-state index in [1.54, 1.807) is 36.6 Å². The molecular formula is C20H20FN3O. The van der Waals surface area contributed by atoms with Gasteiger partial charge in [-0.1, -0.05) is 24.3 Å². The zero-order valence-electron chi connectivity index (χ0n) is 14.3. The number of imidazole rings is 1. The summed E-state index contributed by atoms with van der Waals surface area (Å²) in [4.78, 5) is 18.5. The van der Waals surface area contributed by atoms with E-state index in [-0.39, 0.29) is 17.8 Å². The van der Waals surface area contributed by atoms with Crippen molar-refractivity contribution in [3.05, 3.63) is 89.8 Å². The van der Waals surface area contributed by atoms with Crippen LogP contribution in [0, 0.1) is 5.82 Å². The van der Waals surface area contributed by atoms with Gasteiger partial charge in [-0.2, -0.15) is 0 Å². The van der Waals surface area contributed by atoms with Gasteiger partial charge in [-0.3, -0.25) is 4.79 Å². The molecule has 128 valence electrons. The summed E-state index contributed by atoms with van der Waals surface area (Å²) in [7, 11) is 1.76. The third kappa shape index (κ3) is 3.94. The average molecular weight is 337 g/mol. The van der Waals surface area contributed by atoms with Gasteiger partial charge in [-0.05, 0) is 42.3 Å². The molecule has 1 aromatic heterocycles. The van der Waals surface area contributed by atoms with Crippen molar-refractivity contribution in [1.82, 2.24) is 14.5 Å². The maximum absolute atomic E-state index is 13.1. The van der Waals surface area contributed by atoms with E-state index in [1.807, 2.05) is 42.0 Å². The molecule has 0 aliphatic heterocycles. The van der Waals surface area contributed by atoms with Crippen molar-refractivity contribution in [2.75, 3.05) is 7.05 Å². The van der Waals surface area contributed by atoms with Gasteiger partial charge in [-0.25, -0.2) is 9.37 Å². The van der Waals surface area contributed by atoms with E-state index >= 15 is 0 Å². The summed E-state index contributed by atoms with van der Waals surface area (Å²) < 4.78 is 15.0. The van der Waals surface area contributed by atoms with Gasteiger partial charge in [0.25, 0.3) is 5.91 Å². The van der Waals surface area contributed by atoms with Crippen molar-refractivity contribution in [1.29, 1.82) is 0 Å². The Balaban J connectivity index is 1.76. The Morgan fingerprint density at radius 1 is 1.24 bits per heavy atom. The number of rotatable bonds is 5. The fourth-order valence-corrected chi connectivity index (χ4v) is 2.74. The Kier molecular flexibility index (Phi) is 4.93. The van der Waals surface area contributed by atoms with Crippen LogP contribution >= 0.6 is 0 Å². The summed E-state index contributed by atoms with van der Waals surface area (Å²) in [5, 5.41) is 0. The average Bonchev–Trinajstić information content (AvgIpc) is 3.13. The second kappa shape index (κ2) is 7.30. The highest BCUT2D eigenvalue weighted by molar-refractivity contribution is 5.94. The van der Waals surface area contributed by atoms with Crippen molar-refractivity contribution in [2.24, 2.45) is 0 Å². The molecule has 1 unspecified atom stereocenters. The van der Waals surface area contributed by atoms with E-state index in [9.17, 15) is 9.18 Å². The molecule has 0 fully saturated rings. The number of nitrogens with zero attached hydrogens (tertiary/aromatic N) is 3. The molecule has 0 bridgehead atoms. The van der Waals surface area contributed by atoms with Crippen molar-refractivity contribution in [2.45, 2.75) is 19.5 Å². The third-order valence-electron chi connectivity index (χ3n) is 4.35. The van der Waals surface area contributed by atoms with Gasteiger partial charge in [0.15, 0.2) is 0 Å². The Bertz CT molecular complexity index is 844. The summed E-state index contributed by atoms with van der Waals surface area (Å²) in [5.41, 5.74) is 2.56. The van der Waals surface area contributed by atoms with E-state index in [4.69, 9.17) is 0 Å². The predicted octanol–water partition coefficient (Wildman–Crippen LogP) is 3.90. The van der Waals surface area contributed by atoms with E-state index in [0.717, 1.165) is 11.1 Å². The minimum Gasteiger partial charge on any atom is -0.335 e. The molecule has 3 rings (SSSR count). The first-order valence-corrected chi connectivity index (χ1v) is 8.12. The molecular weight excluding hydrogens is 317 g/mol. The lowest BCUT2D eigenvalue weighted by molar-refractivity contribution is 0.0742. The Morgan fingerprint density at radius 3 is 2.68 bits per heavy atom. The minimum atomic E-state index is -0.280. The van der Waals surface area contributed by atoms with Crippen LogP contribution in [0.3, 0.4) is 0 Å². The second-order valence-electron chi connectivity index (χ2n) is 6.08. The fourth-order valence-electron chi connectivity index (χ4n) is 2.74. The van der Waals surface area contributed by atoms with E-state index in [1.165, 1.54) is 12.1 Å². The number of carbonyl (C=O) groups excluding carboxylic acids is 1. The number of carbonyl (C=O) groups is 1. The van der Waals surface area contributed by atoms with Crippen LogP contribution < -0.4 is 0 Å². The zero-order chi connectivity index (χ0) is 17.8. The molecule has 0 saturated heterocycles. The minimum absolute atomic E-state index is 0.0655. The normalized spacial score (nSPS) is 12.0. The largest absolute Gasteiger partial charge is 0.335 e. The van der Waals surface area contributed by atoms with Crippen LogP contribution in [0.2, 0.25) is 0 Å². The topological polar surface area (TPSA) is 38.1 Å². The molecule has 25 heavy (non-hydrogen) atoms. The molecule has 3 aromatic rings. The van der Waals surface area contributed by atoms with Crippen LogP contribution in [-0.4, -0.2) is 27.4 Å². The smallest absolute Gasteiger partial charge is 0.254 e. The number of aromatic nitrogens is 2. The van der Waals surface area contributed by atoms with Crippen LogP contribution in [0.1, 0.15) is 34.5 Å². The molecule has 0 aliphatic carbocycles. The van der Waals surface area contributed by atoms with Gasteiger partial charge in [0.2, 0.25) is 0 Å². The summed E-state index contributed by atoms with van der Waals surface area (Å²) in [6.45, 7) is 2.60. The molecule has 1 amide bonds. The van der Waals surface area contributed by atoms with Gasteiger partial charge in [0.05, 0.1) is 12.4 Å². The molecule has 1 heterocycles. The molecule has 2 aromatic carbocycles. The molecule has 0 spiro atoms. The van der Waals surface area contributed by atoms with Crippen LogP contribution in [0.25, 0.3) is 0 Å². The number of hydrogen-bond acceptors (Lipinski definition) is 2. The molecule has 1 atom stereocenters. The SMILES string of the molecule is CC(c1ccc(F)cc1)N(C)C(=O)c1cccc(Cn2ccnc2)c1. The highest BCUT2D eigenvalue weighted by atomic mass is 19.1. The van der Waals surface area contributed by atoms with Crippen LogP contribution in [-0.2, 0) is 6.54 Å². The standard InChI is InChI=1S/C20H20FN3O/c1-15(17-6-8-19(21)9-7-17)23(2)20(25)18-5-3-4-16(12-18)13-24-11-10-22-14-24/h3-12,14-15H,13H2,1-2H3. The summed E-state index contributed by atoms with van der Waals surface area (Å²) in [5.74, 6) is -0.346. The lowest BCUT2D eigenvalue weighted by Crippen LogP contribution is -2.29. The van der Waals surface area contributed by atoms with Crippen molar-refractivity contribution in [3.63, 3.8) is 0 Å². The third-order valence-corrected chi connectivity index (χ3v) is 4.35.